The van der Waals surface area contributed by atoms with Crippen molar-refractivity contribution < 1.29 is 19.1 Å². The van der Waals surface area contributed by atoms with E-state index >= 15 is 0 Å². The van der Waals surface area contributed by atoms with E-state index in [0.29, 0.717) is 17.1 Å². The average Bonchev–Trinajstić information content (AvgIpc) is 2.44. The standard InChI is InChI=1S/C17H24N2O4/c1-11(20)18-13(16(21)19-17(2,3)4)9-12-7-8-14(22-5)15(10-12)23-6/h7-10H,1-6H3,(H,18,20)(H,19,21)/b13-9-. The van der Waals surface area contributed by atoms with Crippen LogP contribution < -0.4 is 20.1 Å². The fourth-order valence-electron chi connectivity index (χ4n) is 1.87. The molecule has 0 radical (unpaired) electrons. The fraction of sp³-hybridized carbons (Fsp3) is 0.412. The van der Waals surface area contributed by atoms with Gasteiger partial charge in [-0.25, -0.2) is 0 Å². The van der Waals surface area contributed by atoms with Gasteiger partial charge < -0.3 is 20.1 Å². The maximum Gasteiger partial charge on any atom is 0.268 e. The molecule has 0 atom stereocenters. The van der Waals surface area contributed by atoms with Crippen LogP contribution in [0.4, 0.5) is 0 Å². The monoisotopic (exact) mass is 320 g/mol. The molecule has 0 saturated heterocycles. The second-order valence-corrected chi connectivity index (χ2v) is 6.06. The molecule has 23 heavy (non-hydrogen) atoms. The normalized spacial score (nSPS) is 11.7. The van der Waals surface area contributed by atoms with Gasteiger partial charge in [-0.15, -0.1) is 0 Å². The zero-order valence-electron chi connectivity index (χ0n) is 14.4. The van der Waals surface area contributed by atoms with Gasteiger partial charge in [-0.2, -0.15) is 0 Å². The molecule has 1 rings (SSSR count). The molecule has 6 heteroatoms. The van der Waals surface area contributed by atoms with Gasteiger partial charge in [0.25, 0.3) is 5.91 Å². The highest BCUT2D eigenvalue weighted by atomic mass is 16.5. The molecule has 0 aliphatic heterocycles. The smallest absolute Gasteiger partial charge is 0.268 e. The Bertz CT molecular complexity index is 616. The largest absolute Gasteiger partial charge is 0.493 e. The lowest BCUT2D eigenvalue weighted by Crippen LogP contribution is -2.44. The molecule has 2 amide bonds. The minimum Gasteiger partial charge on any atom is -0.493 e. The summed E-state index contributed by atoms with van der Waals surface area (Å²) >= 11 is 0. The van der Waals surface area contributed by atoms with Gasteiger partial charge in [-0.3, -0.25) is 9.59 Å². The lowest BCUT2D eigenvalue weighted by Gasteiger charge is -2.21. The van der Waals surface area contributed by atoms with Crippen molar-refractivity contribution in [3.63, 3.8) is 0 Å². The van der Waals surface area contributed by atoms with Gasteiger partial charge in [0.2, 0.25) is 5.91 Å². The minimum atomic E-state index is -0.410. The number of ether oxygens (including phenoxy) is 2. The summed E-state index contributed by atoms with van der Waals surface area (Å²) in [6.07, 6.45) is 1.59. The van der Waals surface area contributed by atoms with Crippen LogP contribution in [0.2, 0.25) is 0 Å². The van der Waals surface area contributed by atoms with Crippen LogP contribution in [0.25, 0.3) is 6.08 Å². The van der Waals surface area contributed by atoms with Gasteiger partial charge in [0.15, 0.2) is 11.5 Å². The van der Waals surface area contributed by atoms with Crippen LogP contribution in [0.1, 0.15) is 33.3 Å². The highest BCUT2D eigenvalue weighted by Crippen LogP contribution is 2.28. The number of hydrogen-bond donors (Lipinski definition) is 2. The number of nitrogens with one attached hydrogen (secondary N) is 2. The third-order valence-electron chi connectivity index (χ3n) is 2.76. The minimum absolute atomic E-state index is 0.166. The van der Waals surface area contributed by atoms with Crippen LogP contribution in [0.15, 0.2) is 23.9 Å². The molecule has 0 saturated carbocycles. The Kier molecular flexibility index (Phi) is 6.18. The predicted octanol–water partition coefficient (Wildman–Crippen LogP) is 2.10. The molecule has 0 heterocycles. The number of methoxy groups -OCH3 is 2. The van der Waals surface area contributed by atoms with Gasteiger partial charge in [-0.1, -0.05) is 6.07 Å². The second-order valence-electron chi connectivity index (χ2n) is 6.06. The van der Waals surface area contributed by atoms with Crippen molar-refractivity contribution in [3.8, 4) is 11.5 Å². The van der Waals surface area contributed by atoms with Crippen molar-refractivity contribution in [3.05, 3.63) is 29.5 Å². The topological polar surface area (TPSA) is 76.7 Å². The quantitative estimate of drug-likeness (QED) is 0.815. The molecule has 1 aromatic carbocycles. The van der Waals surface area contributed by atoms with E-state index in [4.69, 9.17) is 9.47 Å². The van der Waals surface area contributed by atoms with E-state index in [-0.39, 0.29) is 17.5 Å². The van der Waals surface area contributed by atoms with Gasteiger partial charge in [0, 0.05) is 12.5 Å². The lowest BCUT2D eigenvalue weighted by molar-refractivity contribution is -0.123. The van der Waals surface area contributed by atoms with Crippen molar-refractivity contribution in [2.24, 2.45) is 0 Å². The Balaban J connectivity index is 3.18. The number of carbonyl (C=O) groups is 2. The van der Waals surface area contributed by atoms with Crippen LogP contribution in [-0.4, -0.2) is 31.6 Å². The first kappa shape index (κ1) is 18.5. The number of hydrogen-bond acceptors (Lipinski definition) is 4. The van der Waals surface area contributed by atoms with Crippen LogP contribution in [0, 0.1) is 0 Å². The molecule has 0 aromatic heterocycles. The van der Waals surface area contributed by atoms with Crippen molar-refractivity contribution >= 4 is 17.9 Å². The van der Waals surface area contributed by atoms with Crippen LogP contribution in [0.5, 0.6) is 11.5 Å². The number of carbonyl (C=O) groups excluding carboxylic acids is 2. The van der Waals surface area contributed by atoms with Crippen molar-refractivity contribution in [2.45, 2.75) is 33.2 Å². The Labute approximate surface area is 136 Å². The number of rotatable bonds is 5. The number of benzene rings is 1. The van der Waals surface area contributed by atoms with E-state index in [1.54, 1.807) is 31.4 Å². The number of amides is 2. The van der Waals surface area contributed by atoms with E-state index in [1.807, 2.05) is 20.8 Å². The first-order valence-electron chi connectivity index (χ1n) is 7.20. The predicted molar refractivity (Wildman–Crippen MR) is 89.2 cm³/mol. The molecule has 2 N–H and O–H groups in total. The lowest BCUT2D eigenvalue weighted by atomic mass is 10.1. The molecule has 0 bridgehead atoms. The van der Waals surface area contributed by atoms with Gasteiger partial charge in [0.05, 0.1) is 14.2 Å². The molecule has 0 fully saturated rings. The molecule has 0 unspecified atom stereocenters. The van der Waals surface area contributed by atoms with E-state index in [2.05, 4.69) is 10.6 Å². The summed E-state index contributed by atoms with van der Waals surface area (Å²) in [6, 6.07) is 5.23. The highest BCUT2D eigenvalue weighted by molar-refractivity contribution is 6.01. The van der Waals surface area contributed by atoms with Gasteiger partial charge in [0.1, 0.15) is 5.70 Å². The zero-order valence-corrected chi connectivity index (χ0v) is 14.4. The molecule has 1 aromatic rings. The summed E-state index contributed by atoms with van der Waals surface area (Å²) in [5.41, 5.74) is 0.460. The van der Waals surface area contributed by atoms with Gasteiger partial charge >= 0.3 is 0 Å². The Morgan fingerprint density at radius 3 is 2.17 bits per heavy atom. The highest BCUT2D eigenvalue weighted by Gasteiger charge is 2.18. The van der Waals surface area contributed by atoms with E-state index in [1.165, 1.54) is 14.0 Å². The van der Waals surface area contributed by atoms with E-state index in [9.17, 15) is 9.59 Å². The molecule has 0 aliphatic carbocycles. The molecule has 0 aliphatic rings. The average molecular weight is 320 g/mol. The van der Waals surface area contributed by atoms with Crippen molar-refractivity contribution in [1.29, 1.82) is 0 Å². The molecular formula is C17H24N2O4. The molecule has 0 spiro atoms. The molecule has 6 nitrogen and oxygen atoms in total. The van der Waals surface area contributed by atoms with Gasteiger partial charge in [-0.05, 0) is 44.5 Å². The third kappa shape index (κ3) is 6.02. The Morgan fingerprint density at radius 2 is 1.70 bits per heavy atom. The van der Waals surface area contributed by atoms with Crippen LogP contribution in [-0.2, 0) is 9.59 Å². The van der Waals surface area contributed by atoms with E-state index < -0.39 is 5.54 Å². The van der Waals surface area contributed by atoms with E-state index in [0.717, 1.165) is 0 Å². The van der Waals surface area contributed by atoms with Crippen LogP contribution >= 0.6 is 0 Å². The summed E-state index contributed by atoms with van der Waals surface area (Å²) in [4.78, 5) is 23.7. The fourth-order valence-corrected chi connectivity index (χ4v) is 1.87. The molecule has 126 valence electrons. The zero-order chi connectivity index (χ0) is 17.6. The first-order chi connectivity index (χ1) is 10.7. The van der Waals surface area contributed by atoms with Crippen molar-refractivity contribution in [1.82, 2.24) is 10.6 Å². The molecular weight excluding hydrogens is 296 g/mol. The Morgan fingerprint density at radius 1 is 1.09 bits per heavy atom. The first-order valence-corrected chi connectivity index (χ1v) is 7.20. The Hall–Kier alpha value is -2.50. The summed E-state index contributed by atoms with van der Waals surface area (Å²) in [7, 11) is 3.08. The SMILES string of the molecule is COc1ccc(/C=C(\NC(C)=O)C(=O)NC(C)(C)C)cc1OC. The van der Waals surface area contributed by atoms with Crippen molar-refractivity contribution in [2.75, 3.05) is 14.2 Å². The van der Waals surface area contributed by atoms with Crippen LogP contribution in [0.3, 0.4) is 0 Å². The summed E-state index contributed by atoms with van der Waals surface area (Å²) in [5.74, 6) is 0.452. The second kappa shape index (κ2) is 7.67. The maximum absolute atomic E-state index is 12.3. The summed E-state index contributed by atoms with van der Waals surface area (Å²) in [5, 5.41) is 5.37. The summed E-state index contributed by atoms with van der Waals surface area (Å²) in [6.45, 7) is 6.96. The maximum atomic E-state index is 12.3. The third-order valence-corrected chi connectivity index (χ3v) is 2.76. The summed E-state index contributed by atoms with van der Waals surface area (Å²) < 4.78 is 10.4.